The lowest BCUT2D eigenvalue weighted by Crippen LogP contribution is -2.06. The van der Waals surface area contributed by atoms with Crippen molar-refractivity contribution < 1.29 is 18.3 Å². The fraction of sp³-hybridized carbons (Fsp3) is 0.125. The van der Waals surface area contributed by atoms with Crippen molar-refractivity contribution in [3.05, 3.63) is 23.8 Å². The number of esters is 1. The third-order valence-electron chi connectivity index (χ3n) is 1.58. The summed E-state index contributed by atoms with van der Waals surface area (Å²) in [6.45, 7) is 0. The normalized spacial score (nSPS) is 11.9. The van der Waals surface area contributed by atoms with Gasteiger partial charge in [0.05, 0.1) is 18.4 Å². The number of hydrogen-bond donors (Lipinski definition) is 3. The molecule has 0 aliphatic heterocycles. The maximum Gasteiger partial charge on any atom is 0.337 e. The average Bonchev–Trinajstić information content (AvgIpc) is 2.14. The van der Waals surface area contributed by atoms with E-state index in [0.717, 1.165) is 0 Å². The predicted molar refractivity (Wildman–Crippen MR) is 56.6 cm³/mol. The molecule has 82 valence electrons. The predicted octanol–water partition coefficient (Wildman–Crippen LogP) is 0.604. The van der Waals surface area contributed by atoms with E-state index in [1.807, 2.05) is 0 Å². The minimum Gasteiger partial charge on any atom is -0.465 e. The molecule has 0 aromatic heterocycles. The second kappa shape index (κ2) is 4.76. The molecule has 0 saturated heterocycles. The molecule has 0 bridgehead atoms. The van der Waals surface area contributed by atoms with E-state index in [-0.39, 0.29) is 11.3 Å². The third kappa shape index (κ3) is 3.22. The molecule has 0 aliphatic rings. The molecule has 1 unspecified atom stereocenters. The largest absolute Gasteiger partial charge is 0.465 e. The van der Waals surface area contributed by atoms with E-state index in [2.05, 4.69) is 9.46 Å². The van der Waals surface area contributed by atoms with E-state index in [0.29, 0.717) is 5.69 Å². The van der Waals surface area contributed by atoms with E-state index in [1.165, 1.54) is 25.3 Å². The first-order chi connectivity index (χ1) is 7.02. The highest BCUT2D eigenvalue weighted by molar-refractivity contribution is 7.80. The molecule has 1 aromatic rings. The molecule has 0 aliphatic carbocycles. The summed E-state index contributed by atoms with van der Waals surface area (Å²) in [6, 6.07) is 4.22. The smallest absolute Gasteiger partial charge is 0.337 e. The second-order valence-electron chi connectivity index (χ2n) is 2.69. The number of rotatable bonds is 3. The van der Waals surface area contributed by atoms with Crippen LogP contribution in [0, 0.1) is 0 Å². The van der Waals surface area contributed by atoms with Gasteiger partial charge in [0.2, 0.25) is 0 Å². The number of hydrogen-bond acceptors (Lipinski definition) is 4. The van der Waals surface area contributed by atoms with E-state index in [4.69, 9.17) is 10.3 Å². The first-order valence-electron chi connectivity index (χ1n) is 3.89. The third-order valence-corrected chi connectivity index (χ3v) is 1.99. The van der Waals surface area contributed by atoms with Crippen LogP contribution in [0.3, 0.4) is 0 Å². The molecule has 1 atom stereocenters. The Morgan fingerprint density at radius 3 is 2.73 bits per heavy atom. The number of nitrogens with two attached hydrogens (primary N) is 1. The second-order valence-corrected chi connectivity index (χ2v) is 3.39. The molecular formula is C8H10N2O4S. The van der Waals surface area contributed by atoms with Gasteiger partial charge in [0.15, 0.2) is 0 Å². The highest BCUT2D eigenvalue weighted by Gasteiger charge is 2.08. The Hall–Kier alpha value is -1.60. The van der Waals surface area contributed by atoms with Crippen molar-refractivity contribution in [2.45, 2.75) is 0 Å². The van der Waals surface area contributed by atoms with Gasteiger partial charge in [-0.1, -0.05) is 0 Å². The molecule has 4 N–H and O–H groups in total. The Morgan fingerprint density at radius 1 is 1.53 bits per heavy atom. The summed E-state index contributed by atoms with van der Waals surface area (Å²) in [5, 5.41) is 0. The zero-order valence-electron chi connectivity index (χ0n) is 7.89. The van der Waals surface area contributed by atoms with Crippen molar-refractivity contribution in [2.24, 2.45) is 0 Å². The maximum absolute atomic E-state index is 11.2. The van der Waals surface area contributed by atoms with Crippen LogP contribution >= 0.6 is 0 Å². The lowest BCUT2D eigenvalue weighted by atomic mass is 10.2. The number of anilines is 2. The monoisotopic (exact) mass is 230 g/mol. The van der Waals surface area contributed by atoms with Crippen molar-refractivity contribution in [3.8, 4) is 0 Å². The molecule has 0 amide bonds. The first-order valence-corrected chi connectivity index (χ1v) is 5.00. The fourth-order valence-electron chi connectivity index (χ4n) is 1.05. The topological polar surface area (TPSA) is 102 Å². The number of benzene rings is 1. The van der Waals surface area contributed by atoms with Crippen molar-refractivity contribution >= 4 is 28.6 Å². The summed E-state index contributed by atoms with van der Waals surface area (Å²) in [7, 11) is 1.24. The molecule has 15 heavy (non-hydrogen) atoms. The van der Waals surface area contributed by atoms with Crippen LogP contribution in [0.15, 0.2) is 18.2 Å². The van der Waals surface area contributed by atoms with Gasteiger partial charge in [0.25, 0.3) is 11.3 Å². The molecule has 0 saturated carbocycles. The van der Waals surface area contributed by atoms with Gasteiger partial charge in [-0.2, -0.15) is 0 Å². The van der Waals surface area contributed by atoms with Gasteiger partial charge in [-0.3, -0.25) is 9.27 Å². The summed E-state index contributed by atoms with van der Waals surface area (Å²) in [5.41, 5.74) is 6.28. The van der Waals surface area contributed by atoms with Crippen LogP contribution in [-0.4, -0.2) is 21.8 Å². The quantitative estimate of drug-likeness (QED) is 0.401. The van der Waals surface area contributed by atoms with Gasteiger partial charge in [0, 0.05) is 5.69 Å². The molecule has 1 rings (SSSR count). The van der Waals surface area contributed by atoms with Crippen LogP contribution in [0.1, 0.15) is 10.4 Å². The molecule has 0 spiro atoms. The fourth-order valence-corrected chi connectivity index (χ4v) is 1.37. The first kappa shape index (κ1) is 11.5. The van der Waals surface area contributed by atoms with Crippen molar-refractivity contribution in [1.82, 2.24) is 0 Å². The number of nitrogens with one attached hydrogen (secondary N) is 1. The average molecular weight is 230 g/mol. The van der Waals surface area contributed by atoms with Crippen LogP contribution in [0.2, 0.25) is 0 Å². The highest BCUT2D eigenvalue weighted by atomic mass is 32.2. The molecule has 6 nitrogen and oxygen atoms in total. The lowest BCUT2D eigenvalue weighted by molar-refractivity contribution is 0.0601. The molecule has 0 fully saturated rings. The Balaban J connectivity index is 3.04. The van der Waals surface area contributed by atoms with Crippen molar-refractivity contribution in [1.29, 1.82) is 0 Å². The van der Waals surface area contributed by atoms with E-state index >= 15 is 0 Å². The number of carbonyl (C=O) groups excluding carboxylic acids is 1. The SMILES string of the molecule is COC(=O)c1cc(N)cc(NS(=O)O)c1. The van der Waals surface area contributed by atoms with Gasteiger partial charge >= 0.3 is 5.97 Å². The Kier molecular flexibility index (Phi) is 3.64. The number of methoxy groups -OCH3 is 1. The van der Waals surface area contributed by atoms with Crippen LogP contribution < -0.4 is 10.5 Å². The summed E-state index contributed by atoms with van der Waals surface area (Å²) >= 11 is -2.21. The summed E-state index contributed by atoms with van der Waals surface area (Å²) in [5.74, 6) is -0.561. The van der Waals surface area contributed by atoms with Crippen molar-refractivity contribution in [3.63, 3.8) is 0 Å². The van der Waals surface area contributed by atoms with Crippen LogP contribution in [-0.2, 0) is 16.0 Å². The number of ether oxygens (including phenoxy) is 1. The van der Waals surface area contributed by atoms with Gasteiger partial charge in [-0.05, 0) is 18.2 Å². The zero-order valence-corrected chi connectivity index (χ0v) is 8.71. The van der Waals surface area contributed by atoms with E-state index in [9.17, 15) is 9.00 Å². The lowest BCUT2D eigenvalue weighted by Gasteiger charge is -2.05. The van der Waals surface area contributed by atoms with E-state index in [1.54, 1.807) is 0 Å². The minimum absolute atomic E-state index is 0.213. The summed E-state index contributed by atoms with van der Waals surface area (Å²) in [4.78, 5) is 11.2. The molecular weight excluding hydrogens is 220 g/mol. The Bertz CT molecular complexity index is 408. The summed E-state index contributed by atoms with van der Waals surface area (Å²) in [6.07, 6.45) is 0. The maximum atomic E-state index is 11.2. The molecule has 0 heterocycles. The van der Waals surface area contributed by atoms with Crippen LogP contribution in [0.5, 0.6) is 0 Å². The standard InChI is InChI=1S/C8H10N2O4S/c1-14-8(11)5-2-6(9)4-7(3-5)10-15(12)13/h2-4,10H,9H2,1H3,(H,12,13). The van der Waals surface area contributed by atoms with Crippen molar-refractivity contribution in [2.75, 3.05) is 17.6 Å². The minimum atomic E-state index is -2.21. The molecule has 0 radical (unpaired) electrons. The Labute approximate surface area is 88.8 Å². The van der Waals surface area contributed by atoms with Gasteiger partial charge in [-0.15, -0.1) is 0 Å². The number of nitrogen functional groups attached to an aromatic ring is 1. The van der Waals surface area contributed by atoms with Gasteiger partial charge < -0.3 is 10.5 Å². The molecule has 1 aromatic carbocycles. The Morgan fingerprint density at radius 2 is 2.20 bits per heavy atom. The number of carbonyl (C=O) groups is 1. The van der Waals surface area contributed by atoms with E-state index < -0.39 is 17.2 Å². The zero-order chi connectivity index (χ0) is 11.4. The summed E-state index contributed by atoms with van der Waals surface area (Å²) < 4.78 is 25.8. The molecule has 7 heteroatoms. The van der Waals surface area contributed by atoms with Gasteiger partial charge in [-0.25, -0.2) is 9.00 Å². The van der Waals surface area contributed by atoms with Crippen LogP contribution in [0.25, 0.3) is 0 Å². The van der Waals surface area contributed by atoms with Crippen LogP contribution in [0.4, 0.5) is 11.4 Å². The highest BCUT2D eigenvalue weighted by Crippen LogP contribution is 2.17. The van der Waals surface area contributed by atoms with Gasteiger partial charge in [0.1, 0.15) is 0 Å².